The van der Waals surface area contributed by atoms with E-state index in [1.165, 1.54) is 6.07 Å². The van der Waals surface area contributed by atoms with Crippen LogP contribution in [0.4, 0.5) is 5.69 Å². The highest BCUT2D eigenvalue weighted by molar-refractivity contribution is 5.85. The van der Waals surface area contributed by atoms with Crippen LogP contribution in [0.15, 0.2) is 42.5 Å². The number of nitrogens with one attached hydrogen (secondary N) is 1. The number of hydrogen-bond donors (Lipinski definition) is 3. The van der Waals surface area contributed by atoms with Gasteiger partial charge in [-0.2, -0.15) is 0 Å². The Labute approximate surface area is 252 Å². The molecular formula is C32H50ClN3O5. The maximum Gasteiger partial charge on any atom is 0.276 e. The van der Waals surface area contributed by atoms with E-state index in [2.05, 4.69) is 65.1 Å². The zero-order chi connectivity index (χ0) is 29.9. The van der Waals surface area contributed by atoms with Gasteiger partial charge in [0, 0.05) is 18.7 Å². The molecule has 0 aliphatic rings. The summed E-state index contributed by atoms with van der Waals surface area (Å²) in [7, 11) is 0. The summed E-state index contributed by atoms with van der Waals surface area (Å²) in [5.41, 5.74) is 9.05. The van der Waals surface area contributed by atoms with Crippen LogP contribution >= 0.6 is 12.4 Å². The molecule has 0 saturated heterocycles. The van der Waals surface area contributed by atoms with Crippen LogP contribution in [0.2, 0.25) is 0 Å². The summed E-state index contributed by atoms with van der Waals surface area (Å²) < 4.78 is 6.23. The molecule has 0 fully saturated rings. The van der Waals surface area contributed by atoms with E-state index in [0.29, 0.717) is 36.8 Å². The van der Waals surface area contributed by atoms with Gasteiger partial charge >= 0.3 is 0 Å². The lowest BCUT2D eigenvalue weighted by Crippen LogP contribution is -2.36. The monoisotopic (exact) mass is 591 g/mol. The molecule has 230 valence electrons. The SMILES string of the molecule is CCCCNC(=O)[C@@H](O)CC[C@H](N)C[C@H](Cc1ccc(C(C)(C)C)c(OCc2ccccc2[N+](=O)[O-])c1)C(C)C.Cl. The Balaban J connectivity index is 0.00000840. The number of halogens is 1. The number of rotatable bonds is 16. The van der Waals surface area contributed by atoms with Crippen molar-refractivity contribution in [1.82, 2.24) is 5.32 Å². The van der Waals surface area contributed by atoms with Crippen molar-refractivity contribution >= 4 is 24.0 Å². The molecule has 1 amide bonds. The molecule has 0 saturated carbocycles. The van der Waals surface area contributed by atoms with Crippen molar-refractivity contribution in [1.29, 1.82) is 0 Å². The van der Waals surface area contributed by atoms with Crippen molar-refractivity contribution < 1.29 is 19.6 Å². The average Bonchev–Trinajstić information content (AvgIpc) is 2.89. The second kappa shape index (κ2) is 17.3. The number of carbonyl (C=O) groups is 1. The smallest absolute Gasteiger partial charge is 0.276 e. The number of amides is 1. The third-order valence-corrected chi connectivity index (χ3v) is 7.41. The number of ether oxygens (including phenoxy) is 1. The first-order chi connectivity index (χ1) is 18.8. The lowest BCUT2D eigenvalue weighted by Gasteiger charge is -2.27. The van der Waals surface area contributed by atoms with Crippen molar-refractivity contribution in [3.05, 3.63) is 69.3 Å². The molecular weight excluding hydrogens is 542 g/mol. The molecule has 0 aliphatic carbocycles. The fraction of sp³-hybridized carbons (Fsp3) is 0.594. The van der Waals surface area contributed by atoms with Crippen molar-refractivity contribution in [2.24, 2.45) is 17.6 Å². The summed E-state index contributed by atoms with van der Waals surface area (Å²) in [6.07, 6.45) is 3.33. The van der Waals surface area contributed by atoms with Gasteiger partial charge in [-0.3, -0.25) is 14.9 Å². The molecule has 2 aromatic carbocycles. The van der Waals surface area contributed by atoms with Crippen LogP contribution in [0, 0.1) is 22.0 Å². The quantitative estimate of drug-likeness (QED) is 0.116. The van der Waals surface area contributed by atoms with E-state index in [1.54, 1.807) is 18.2 Å². The highest BCUT2D eigenvalue weighted by atomic mass is 35.5. The maximum absolute atomic E-state index is 12.1. The molecule has 0 spiro atoms. The Morgan fingerprint density at radius 3 is 2.44 bits per heavy atom. The number of nitro groups is 1. The highest BCUT2D eigenvalue weighted by Gasteiger charge is 2.24. The minimum Gasteiger partial charge on any atom is -0.488 e. The Bertz CT molecular complexity index is 1100. The largest absolute Gasteiger partial charge is 0.488 e. The summed E-state index contributed by atoms with van der Waals surface area (Å²) in [5, 5.41) is 24.5. The van der Waals surface area contributed by atoms with Gasteiger partial charge in [-0.15, -0.1) is 12.4 Å². The molecule has 0 aromatic heterocycles. The predicted octanol–water partition coefficient (Wildman–Crippen LogP) is 6.48. The molecule has 3 atom stereocenters. The van der Waals surface area contributed by atoms with Crippen LogP contribution in [-0.2, 0) is 23.2 Å². The second-order valence-electron chi connectivity index (χ2n) is 12.2. The van der Waals surface area contributed by atoms with Crippen molar-refractivity contribution in [3.63, 3.8) is 0 Å². The lowest BCUT2D eigenvalue weighted by molar-refractivity contribution is -0.385. The van der Waals surface area contributed by atoms with E-state index in [4.69, 9.17) is 10.5 Å². The topological polar surface area (TPSA) is 128 Å². The zero-order valence-electron chi connectivity index (χ0n) is 25.5. The molecule has 2 rings (SSSR count). The molecule has 0 aliphatic heterocycles. The average molecular weight is 592 g/mol. The Morgan fingerprint density at radius 1 is 1.15 bits per heavy atom. The number of unbranched alkanes of at least 4 members (excludes halogenated alkanes) is 1. The lowest BCUT2D eigenvalue weighted by atomic mass is 9.81. The number of nitrogens with zero attached hydrogens (tertiary/aromatic N) is 1. The summed E-state index contributed by atoms with van der Waals surface area (Å²) in [6, 6.07) is 12.8. The minimum absolute atomic E-state index is 0. The van der Waals surface area contributed by atoms with Gasteiger partial charge in [-0.25, -0.2) is 0 Å². The molecule has 0 radical (unpaired) electrons. The fourth-order valence-electron chi connectivity index (χ4n) is 4.81. The first kappa shape index (κ1) is 36.3. The van der Waals surface area contributed by atoms with Crippen molar-refractivity contribution in [3.8, 4) is 5.75 Å². The van der Waals surface area contributed by atoms with Gasteiger partial charge in [-0.05, 0) is 72.6 Å². The third kappa shape index (κ3) is 12.0. The molecule has 2 aromatic rings. The van der Waals surface area contributed by atoms with Gasteiger partial charge in [0.05, 0.1) is 10.5 Å². The molecule has 9 heteroatoms. The van der Waals surface area contributed by atoms with Crippen LogP contribution in [0.1, 0.15) is 90.3 Å². The first-order valence-corrected chi connectivity index (χ1v) is 14.5. The van der Waals surface area contributed by atoms with E-state index < -0.39 is 6.10 Å². The van der Waals surface area contributed by atoms with E-state index in [1.807, 2.05) is 0 Å². The van der Waals surface area contributed by atoms with E-state index in [9.17, 15) is 20.0 Å². The highest BCUT2D eigenvalue weighted by Crippen LogP contribution is 2.35. The third-order valence-electron chi connectivity index (χ3n) is 7.41. The maximum atomic E-state index is 12.1. The summed E-state index contributed by atoms with van der Waals surface area (Å²) in [4.78, 5) is 23.2. The molecule has 8 nitrogen and oxygen atoms in total. The number of benzene rings is 2. The van der Waals surface area contributed by atoms with Gasteiger partial charge in [0.2, 0.25) is 5.91 Å². The van der Waals surface area contributed by atoms with Crippen LogP contribution in [0.5, 0.6) is 5.75 Å². The van der Waals surface area contributed by atoms with Crippen molar-refractivity contribution in [2.75, 3.05) is 6.54 Å². The standard InChI is InChI=1S/C32H49N3O5.ClH/c1-7-8-17-34-31(37)29(36)16-14-26(33)20-25(22(2)3)18-23-13-15-27(32(4,5)6)30(19-23)40-21-24-11-9-10-12-28(24)35(38)39;/h9-13,15,19,22,25-26,29,36H,7-8,14,16-18,20-21,33H2,1-6H3,(H,34,37);1H/t25-,26-,29-;/m0./s1. The van der Waals surface area contributed by atoms with Crippen LogP contribution in [0.25, 0.3) is 0 Å². The van der Waals surface area contributed by atoms with Gasteiger partial charge in [0.15, 0.2) is 0 Å². The predicted molar refractivity (Wildman–Crippen MR) is 168 cm³/mol. The zero-order valence-corrected chi connectivity index (χ0v) is 26.3. The molecule has 0 heterocycles. The first-order valence-electron chi connectivity index (χ1n) is 14.5. The number of aliphatic hydroxyl groups excluding tert-OH is 1. The number of aliphatic hydroxyl groups is 1. The number of nitrogens with two attached hydrogens (primary N) is 1. The van der Waals surface area contributed by atoms with Gasteiger partial charge in [-0.1, -0.05) is 72.2 Å². The molecule has 0 unspecified atom stereocenters. The number of nitro benzene ring substituents is 1. The van der Waals surface area contributed by atoms with Crippen LogP contribution in [0.3, 0.4) is 0 Å². The Hall–Kier alpha value is -2.68. The van der Waals surface area contributed by atoms with Crippen LogP contribution in [-0.4, -0.2) is 34.6 Å². The normalized spacial score (nSPS) is 13.7. The van der Waals surface area contributed by atoms with E-state index >= 15 is 0 Å². The fourth-order valence-corrected chi connectivity index (χ4v) is 4.81. The van der Waals surface area contributed by atoms with Gasteiger partial charge < -0.3 is 20.9 Å². The van der Waals surface area contributed by atoms with Gasteiger partial charge in [0.25, 0.3) is 5.69 Å². The van der Waals surface area contributed by atoms with Crippen LogP contribution < -0.4 is 15.8 Å². The summed E-state index contributed by atoms with van der Waals surface area (Å²) in [5.74, 6) is 1.08. The molecule has 41 heavy (non-hydrogen) atoms. The summed E-state index contributed by atoms with van der Waals surface area (Å²) in [6.45, 7) is 13.5. The minimum atomic E-state index is -1.04. The van der Waals surface area contributed by atoms with Gasteiger partial charge in [0.1, 0.15) is 18.5 Å². The van der Waals surface area contributed by atoms with E-state index in [-0.39, 0.29) is 47.0 Å². The number of carbonyl (C=O) groups excluding carboxylic acids is 1. The molecule has 4 N–H and O–H groups in total. The number of hydrogen-bond acceptors (Lipinski definition) is 6. The van der Waals surface area contributed by atoms with Crippen molar-refractivity contribution in [2.45, 2.75) is 104 Å². The second-order valence-corrected chi connectivity index (χ2v) is 12.2. The Morgan fingerprint density at radius 2 is 1.83 bits per heavy atom. The molecule has 0 bridgehead atoms. The van der Waals surface area contributed by atoms with E-state index in [0.717, 1.165) is 42.6 Å². The Kier molecular flexibility index (Phi) is 15.4. The number of para-hydroxylation sites is 1. The summed E-state index contributed by atoms with van der Waals surface area (Å²) >= 11 is 0.